The summed E-state index contributed by atoms with van der Waals surface area (Å²) >= 11 is 5.30. The second-order valence-corrected chi connectivity index (χ2v) is 4.00. The monoisotopic (exact) mass is 204 g/mol. The molecule has 0 bridgehead atoms. The molecule has 1 aromatic rings. The molecular formula is C7H9BrS. The van der Waals surface area contributed by atoms with Crippen molar-refractivity contribution in [3.05, 3.63) is 21.4 Å². The van der Waals surface area contributed by atoms with Crippen LogP contribution in [-0.4, -0.2) is 0 Å². The van der Waals surface area contributed by atoms with E-state index in [1.54, 1.807) is 0 Å². The average molecular weight is 205 g/mol. The Morgan fingerprint density at radius 3 is 2.44 bits per heavy atom. The average Bonchev–Trinajstić information content (AvgIpc) is 2.10. The standard InChI is InChI=1S/C7H9BrS/c1-5-3-6(2)9-7(5)4-8/h3H,4H2,1-2H3. The summed E-state index contributed by atoms with van der Waals surface area (Å²) in [4.78, 5) is 2.86. The van der Waals surface area contributed by atoms with Gasteiger partial charge in [0.25, 0.3) is 0 Å². The van der Waals surface area contributed by atoms with E-state index >= 15 is 0 Å². The van der Waals surface area contributed by atoms with Crippen LogP contribution in [0.2, 0.25) is 0 Å². The summed E-state index contributed by atoms with van der Waals surface area (Å²) in [7, 11) is 0. The van der Waals surface area contributed by atoms with E-state index in [4.69, 9.17) is 0 Å². The highest BCUT2D eigenvalue weighted by Gasteiger charge is 1.98. The van der Waals surface area contributed by atoms with Crippen LogP contribution < -0.4 is 0 Å². The summed E-state index contributed by atoms with van der Waals surface area (Å²) in [5.41, 5.74) is 1.41. The molecule has 2 heteroatoms. The summed E-state index contributed by atoms with van der Waals surface area (Å²) < 4.78 is 0. The van der Waals surface area contributed by atoms with Crippen LogP contribution in [0.15, 0.2) is 6.07 Å². The van der Waals surface area contributed by atoms with Crippen molar-refractivity contribution in [1.82, 2.24) is 0 Å². The number of halogens is 1. The van der Waals surface area contributed by atoms with Crippen molar-refractivity contribution in [3.8, 4) is 0 Å². The smallest absolute Gasteiger partial charge is 0.0380 e. The SMILES string of the molecule is Cc1cc(C)c(CBr)s1. The molecule has 0 aliphatic carbocycles. The van der Waals surface area contributed by atoms with Gasteiger partial charge in [-0.3, -0.25) is 0 Å². The zero-order valence-corrected chi connectivity index (χ0v) is 7.97. The Kier molecular flexibility index (Phi) is 2.30. The van der Waals surface area contributed by atoms with E-state index in [2.05, 4.69) is 35.8 Å². The minimum Gasteiger partial charge on any atom is -0.145 e. The van der Waals surface area contributed by atoms with Gasteiger partial charge in [-0.2, -0.15) is 0 Å². The molecule has 1 heterocycles. The topological polar surface area (TPSA) is 0 Å². The number of rotatable bonds is 1. The first-order chi connectivity index (χ1) is 4.24. The van der Waals surface area contributed by atoms with Gasteiger partial charge in [0.15, 0.2) is 0 Å². The maximum atomic E-state index is 3.43. The van der Waals surface area contributed by atoms with Gasteiger partial charge in [-0.1, -0.05) is 15.9 Å². The van der Waals surface area contributed by atoms with Crippen molar-refractivity contribution in [1.29, 1.82) is 0 Å². The van der Waals surface area contributed by atoms with Crippen LogP contribution >= 0.6 is 27.3 Å². The quantitative estimate of drug-likeness (QED) is 0.617. The molecule has 0 atom stereocenters. The van der Waals surface area contributed by atoms with E-state index in [0.717, 1.165) is 5.33 Å². The summed E-state index contributed by atoms with van der Waals surface area (Å²) in [5, 5.41) is 0.997. The van der Waals surface area contributed by atoms with Crippen molar-refractivity contribution >= 4 is 27.3 Å². The van der Waals surface area contributed by atoms with Gasteiger partial charge in [0.1, 0.15) is 0 Å². The predicted molar refractivity (Wildman–Crippen MR) is 46.4 cm³/mol. The molecule has 0 saturated carbocycles. The fourth-order valence-corrected chi connectivity index (χ4v) is 2.51. The second kappa shape index (κ2) is 2.84. The van der Waals surface area contributed by atoms with Crippen molar-refractivity contribution in [3.63, 3.8) is 0 Å². The molecule has 0 amide bonds. The lowest BCUT2D eigenvalue weighted by atomic mass is 10.3. The van der Waals surface area contributed by atoms with Crippen LogP contribution in [0.1, 0.15) is 15.3 Å². The van der Waals surface area contributed by atoms with E-state index in [1.165, 1.54) is 15.3 Å². The Labute approximate surface area is 68.0 Å². The third kappa shape index (κ3) is 1.55. The van der Waals surface area contributed by atoms with Crippen LogP contribution in [-0.2, 0) is 5.33 Å². The highest BCUT2D eigenvalue weighted by atomic mass is 79.9. The zero-order chi connectivity index (χ0) is 6.85. The lowest BCUT2D eigenvalue weighted by Crippen LogP contribution is -1.69. The lowest BCUT2D eigenvalue weighted by molar-refractivity contribution is 1.41. The Hall–Kier alpha value is 0.180. The third-order valence-corrected chi connectivity index (χ3v) is 3.35. The molecule has 0 saturated heterocycles. The van der Waals surface area contributed by atoms with E-state index in [9.17, 15) is 0 Å². The highest BCUT2D eigenvalue weighted by molar-refractivity contribution is 9.08. The fraction of sp³-hybridized carbons (Fsp3) is 0.429. The van der Waals surface area contributed by atoms with Crippen molar-refractivity contribution < 1.29 is 0 Å². The van der Waals surface area contributed by atoms with Gasteiger partial charge in [-0.25, -0.2) is 0 Å². The van der Waals surface area contributed by atoms with Gasteiger partial charge in [0.05, 0.1) is 0 Å². The third-order valence-electron chi connectivity index (χ3n) is 1.27. The number of hydrogen-bond acceptors (Lipinski definition) is 1. The Balaban J connectivity index is 3.01. The Morgan fingerprint density at radius 1 is 1.56 bits per heavy atom. The predicted octanol–water partition coefficient (Wildman–Crippen LogP) is 3.26. The van der Waals surface area contributed by atoms with Crippen molar-refractivity contribution in [2.45, 2.75) is 19.2 Å². The minimum atomic E-state index is 0.997. The summed E-state index contributed by atoms with van der Waals surface area (Å²) in [6.07, 6.45) is 0. The zero-order valence-electron chi connectivity index (χ0n) is 5.57. The van der Waals surface area contributed by atoms with Crippen LogP contribution in [0.5, 0.6) is 0 Å². The molecule has 0 aromatic carbocycles. The van der Waals surface area contributed by atoms with E-state index in [-0.39, 0.29) is 0 Å². The Morgan fingerprint density at radius 2 is 2.22 bits per heavy atom. The van der Waals surface area contributed by atoms with Gasteiger partial charge in [-0.05, 0) is 25.5 Å². The Bertz CT molecular complexity index is 203. The van der Waals surface area contributed by atoms with Gasteiger partial charge >= 0.3 is 0 Å². The largest absolute Gasteiger partial charge is 0.145 e. The molecule has 0 radical (unpaired) electrons. The van der Waals surface area contributed by atoms with Crippen molar-refractivity contribution in [2.24, 2.45) is 0 Å². The van der Waals surface area contributed by atoms with Gasteiger partial charge in [0.2, 0.25) is 0 Å². The maximum Gasteiger partial charge on any atom is 0.0380 e. The van der Waals surface area contributed by atoms with Gasteiger partial charge < -0.3 is 0 Å². The first-order valence-electron chi connectivity index (χ1n) is 2.86. The maximum absolute atomic E-state index is 3.43. The minimum absolute atomic E-state index is 0.997. The first kappa shape index (κ1) is 7.29. The van der Waals surface area contributed by atoms with E-state index < -0.39 is 0 Å². The molecular weight excluding hydrogens is 196 g/mol. The molecule has 0 nitrogen and oxygen atoms in total. The van der Waals surface area contributed by atoms with Crippen LogP contribution in [0.25, 0.3) is 0 Å². The lowest BCUT2D eigenvalue weighted by Gasteiger charge is -1.86. The second-order valence-electron chi connectivity index (χ2n) is 2.10. The van der Waals surface area contributed by atoms with Crippen LogP contribution in [0, 0.1) is 13.8 Å². The molecule has 9 heavy (non-hydrogen) atoms. The van der Waals surface area contributed by atoms with Crippen LogP contribution in [0.4, 0.5) is 0 Å². The molecule has 50 valence electrons. The molecule has 0 N–H and O–H groups in total. The summed E-state index contributed by atoms with van der Waals surface area (Å²) in [6, 6.07) is 2.22. The normalized spacial score (nSPS) is 10.1. The molecule has 0 unspecified atom stereocenters. The molecule has 0 aliphatic rings. The summed E-state index contributed by atoms with van der Waals surface area (Å²) in [5.74, 6) is 0. The molecule has 0 fully saturated rings. The molecule has 1 rings (SSSR count). The van der Waals surface area contributed by atoms with Crippen molar-refractivity contribution in [2.75, 3.05) is 0 Å². The number of alkyl halides is 1. The van der Waals surface area contributed by atoms with Gasteiger partial charge in [0, 0.05) is 15.1 Å². The van der Waals surface area contributed by atoms with Gasteiger partial charge in [-0.15, -0.1) is 11.3 Å². The van der Waals surface area contributed by atoms with Crippen LogP contribution in [0.3, 0.4) is 0 Å². The number of hydrogen-bond donors (Lipinski definition) is 0. The molecule has 0 spiro atoms. The number of aryl methyl sites for hydroxylation is 2. The number of thiophene rings is 1. The highest BCUT2D eigenvalue weighted by Crippen LogP contribution is 2.22. The fourth-order valence-electron chi connectivity index (χ4n) is 0.822. The molecule has 0 aliphatic heterocycles. The molecule has 1 aromatic heterocycles. The van der Waals surface area contributed by atoms with E-state index in [1.807, 2.05) is 11.3 Å². The van der Waals surface area contributed by atoms with E-state index in [0.29, 0.717) is 0 Å². The first-order valence-corrected chi connectivity index (χ1v) is 4.79. The summed E-state index contributed by atoms with van der Waals surface area (Å²) in [6.45, 7) is 4.30.